The van der Waals surface area contributed by atoms with E-state index in [9.17, 15) is 4.79 Å². The molecule has 0 aliphatic rings. The zero-order valence-electron chi connectivity index (χ0n) is 17.0. The van der Waals surface area contributed by atoms with Crippen LogP contribution >= 0.6 is 0 Å². The molecular formula is C25H29NO2. The van der Waals surface area contributed by atoms with E-state index in [4.69, 9.17) is 4.74 Å². The van der Waals surface area contributed by atoms with Gasteiger partial charge in [0.15, 0.2) is 6.10 Å². The lowest BCUT2D eigenvalue weighted by atomic mass is 10.0. The van der Waals surface area contributed by atoms with Gasteiger partial charge < -0.3 is 10.1 Å². The third-order valence-electron chi connectivity index (χ3n) is 5.19. The Morgan fingerprint density at radius 1 is 0.929 bits per heavy atom. The SMILES string of the molecule is CCc1ccc(CC)c(CNC(=O)[C@H](CC)Oc2cccc3ccccc23)c1. The zero-order valence-corrected chi connectivity index (χ0v) is 17.0. The normalized spacial score (nSPS) is 12.0. The highest BCUT2D eigenvalue weighted by Gasteiger charge is 2.19. The van der Waals surface area contributed by atoms with Crippen molar-refractivity contribution < 1.29 is 9.53 Å². The van der Waals surface area contributed by atoms with Crippen molar-refractivity contribution >= 4 is 16.7 Å². The Hall–Kier alpha value is -2.81. The van der Waals surface area contributed by atoms with E-state index in [0.717, 1.165) is 29.4 Å². The second kappa shape index (κ2) is 9.41. The fraction of sp³-hybridized carbons (Fsp3) is 0.320. The molecule has 0 aromatic heterocycles. The van der Waals surface area contributed by atoms with Crippen LogP contribution in [0.5, 0.6) is 5.75 Å². The first-order chi connectivity index (χ1) is 13.7. The fourth-order valence-corrected chi connectivity index (χ4v) is 3.48. The second-order valence-corrected chi connectivity index (χ2v) is 7.02. The van der Waals surface area contributed by atoms with Crippen molar-refractivity contribution in [3.63, 3.8) is 0 Å². The van der Waals surface area contributed by atoms with Crippen molar-refractivity contribution in [2.24, 2.45) is 0 Å². The molecule has 0 saturated heterocycles. The Balaban J connectivity index is 1.72. The fourth-order valence-electron chi connectivity index (χ4n) is 3.48. The minimum Gasteiger partial charge on any atom is -0.480 e. The predicted octanol–water partition coefficient (Wildman–Crippen LogP) is 5.44. The Morgan fingerprint density at radius 3 is 2.46 bits per heavy atom. The molecule has 0 radical (unpaired) electrons. The van der Waals surface area contributed by atoms with Gasteiger partial charge in [0.2, 0.25) is 0 Å². The van der Waals surface area contributed by atoms with Crippen LogP contribution < -0.4 is 10.1 Å². The van der Waals surface area contributed by atoms with E-state index in [1.54, 1.807) is 0 Å². The number of carbonyl (C=O) groups excluding carboxylic acids is 1. The van der Waals surface area contributed by atoms with Gasteiger partial charge in [0, 0.05) is 11.9 Å². The number of hydrogen-bond acceptors (Lipinski definition) is 2. The Morgan fingerprint density at radius 2 is 1.71 bits per heavy atom. The largest absolute Gasteiger partial charge is 0.480 e. The maximum Gasteiger partial charge on any atom is 0.261 e. The summed E-state index contributed by atoms with van der Waals surface area (Å²) in [5.74, 6) is 0.682. The Labute approximate surface area is 167 Å². The van der Waals surface area contributed by atoms with Gasteiger partial charge in [0.25, 0.3) is 5.91 Å². The van der Waals surface area contributed by atoms with E-state index in [1.807, 2.05) is 37.3 Å². The highest BCUT2D eigenvalue weighted by molar-refractivity contribution is 5.89. The van der Waals surface area contributed by atoms with Crippen molar-refractivity contribution in [3.05, 3.63) is 77.4 Å². The summed E-state index contributed by atoms with van der Waals surface area (Å²) < 4.78 is 6.12. The smallest absolute Gasteiger partial charge is 0.261 e. The van der Waals surface area contributed by atoms with Gasteiger partial charge in [-0.3, -0.25) is 4.79 Å². The van der Waals surface area contributed by atoms with Crippen LogP contribution in [0.3, 0.4) is 0 Å². The minimum atomic E-state index is -0.509. The van der Waals surface area contributed by atoms with Gasteiger partial charge in [-0.1, -0.05) is 75.4 Å². The molecule has 1 atom stereocenters. The molecule has 1 amide bonds. The Bertz CT molecular complexity index is 943. The summed E-state index contributed by atoms with van der Waals surface area (Å²) in [6.45, 7) is 6.80. The summed E-state index contributed by atoms with van der Waals surface area (Å²) in [6.07, 6.45) is 2.06. The molecule has 3 heteroatoms. The van der Waals surface area contributed by atoms with Crippen LogP contribution in [0.15, 0.2) is 60.7 Å². The third kappa shape index (κ3) is 4.53. The number of hydrogen-bond donors (Lipinski definition) is 1. The highest BCUT2D eigenvalue weighted by atomic mass is 16.5. The van der Waals surface area contributed by atoms with Crippen LogP contribution in [0.25, 0.3) is 10.8 Å². The number of aryl methyl sites for hydroxylation is 2. The summed E-state index contributed by atoms with van der Waals surface area (Å²) in [5.41, 5.74) is 3.76. The molecule has 3 aromatic carbocycles. The number of carbonyl (C=O) groups is 1. The van der Waals surface area contributed by atoms with Gasteiger partial charge in [-0.15, -0.1) is 0 Å². The van der Waals surface area contributed by atoms with E-state index in [-0.39, 0.29) is 5.91 Å². The van der Waals surface area contributed by atoms with Crippen molar-refractivity contribution in [2.75, 3.05) is 0 Å². The number of fused-ring (bicyclic) bond motifs is 1. The first kappa shape index (κ1) is 19.9. The molecule has 0 unspecified atom stereocenters. The van der Waals surface area contributed by atoms with E-state index >= 15 is 0 Å². The lowest BCUT2D eigenvalue weighted by Crippen LogP contribution is -2.37. The zero-order chi connectivity index (χ0) is 19.9. The predicted molar refractivity (Wildman–Crippen MR) is 116 cm³/mol. The summed E-state index contributed by atoms with van der Waals surface area (Å²) in [4.78, 5) is 12.8. The van der Waals surface area contributed by atoms with E-state index in [2.05, 4.69) is 49.5 Å². The summed E-state index contributed by atoms with van der Waals surface area (Å²) in [6, 6.07) is 20.6. The summed E-state index contributed by atoms with van der Waals surface area (Å²) >= 11 is 0. The van der Waals surface area contributed by atoms with Crippen LogP contribution in [-0.2, 0) is 24.2 Å². The van der Waals surface area contributed by atoms with Crippen LogP contribution in [0.2, 0.25) is 0 Å². The number of benzene rings is 3. The van der Waals surface area contributed by atoms with Crippen LogP contribution in [-0.4, -0.2) is 12.0 Å². The standard InChI is InChI=1S/C25H29NO2/c1-4-18-14-15-19(5-2)21(16-18)17-26-25(27)23(6-3)28-24-13-9-11-20-10-7-8-12-22(20)24/h7-16,23H,4-6,17H2,1-3H3,(H,26,27)/t23-/m0/s1. The molecule has 0 aliphatic carbocycles. The highest BCUT2D eigenvalue weighted by Crippen LogP contribution is 2.26. The Kier molecular flexibility index (Phi) is 6.70. The molecule has 3 aromatic rings. The topological polar surface area (TPSA) is 38.3 Å². The quantitative estimate of drug-likeness (QED) is 0.569. The maximum atomic E-state index is 12.8. The molecule has 146 valence electrons. The molecule has 0 saturated carbocycles. The molecule has 3 rings (SSSR count). The van der Waals surface area contributed by atoms with Crippen LogP contribution in [0.1, 0.15) is 43.9 Å². The molecule has 0 aliphatic heterocycles. The van der Waals surface area contributed by atoms with Crippen LogP contribution in [0, 0.1) is 0 Å². The van der Waals surface area contributed by atoms with E-state index < -0.39 is 6.10 Å². The van der Waals surface area contributed by atoms with Crippen molar-refractivity contribution in [1.82, 2.24) is 5.32 Å². The molecule has 1 N–H and O–H groups in total. The first-order valence-corrected chi connectivity index (χ1v) is 10.2. The maximum absolute atomic E-state index is 12.8. The van der Waals surface area contributed by atoms with Gasteiger partial charge in [0.1, 0.15) is 5.75 Å². The van der Waals surface area contributed by atoms with E-state index in [1.165, 1.54) is 16.7 Å². The van der Waals surface area contributed by atoms with Gasteiger partial charge in [-0.05, 0) is 47.4 Å². The van der Waals surface area contributed by atoms with Crippen molar-refractivity contribution in [2.45, 2.75) is 52.7 Å². The molecular weight excluding hydrogens is 346 g/mol. The second-order valence-electron chi connectivity index (χ2n) is 7.02. The lowest BCUT2D eigenvalue weighted by Gasteiger charge is -2.19. The molecule has 28 heavy (non-hydrogen) atoms. The average Bonchev–Trinajstić information content (AvgIpc) is 2.75. The summed E-state index contributed by atoms with van der Waals surface area (Å²) in [5, 5.41) is 5.22. The van der Waals surface area contributed by atoms with Crippen molar-refractivity contribution in [1.29, 1.82) is 0 Å². The van der Waals surface area contributed by atoms with Gasteiger partial charge in [-0.25, -0.2) is 0 Å². The minimum absolute atomic E-state index is 0.0700. The molecule has 0 bridgehead atoms. The van der Waals surface area contributed by atoms with Crippen LogP contribution in [0.4, 0.5) is 0 Å². The number of amides is 1. The molecule has 0 fully saturated rings. The first-order valence-electron chi connectivity index (χ1n) is 10.2. The van der Waals surface area contributed by atoms with Crippen molar-refractivity contribution in [3.8, 4) is 5.75 Å². The lowest BCUT2D eigenvalue weighted by molar-refractivity contribution is -0.128. The van der Waals surface area contributed by atoms with Gasteiger partial charge in [0.05, 0.1) is 0 Å². The monoisotopic (exact) mass is 375 g/mol. The van der Waals surface area contributed by atoms with Gasteiger partial charge in [-0.2, -0.15) is 0 Å². The van der Waals surface area contributed by atoms with E-state index in [0.29, 0.717) is 13.0 Å². The molecule has 0 heterocycles. The number of nitrogens with one attached hydrogen (secondary N) is 1. The average molecular weight is 376 g/mol. The van der Waals surface area contributed by atoms with Gasteiger partial charge >= 0.3 is 0 Å². The molecule has 0 spiro atoms. The summed E-state index contributed by atoms with van der Waals surface area (Å²) in [7, 11) is 0. The number of ether oxygens (including phenoxy) is 1. The molecule has 3 nitrogen and oxygen atoms in total. The number of rotatable bonds is 8. The third-order valence-corrected chi connectivity index (χ3v) is 5.19.